The van der Waals surface area contributed by atoms with Gasteiger partial charge in [0.05, 0.1) is 6.04 Å². The van der Waals surface area contributed by atoms with Crippen molar-refractivity contribution < 1.29 is 9.52 Å². The van der Waals surface area contributed by atoms with Crippen LogP contribution in [0.4, 0.5) is 0 Å². The van der Waals surface area contributed by atoms with E-state index in [1.54, 1.807) is 12.1 Å². The monoisotopic (exact) mass is 261 g/mol. The normalized spacial score (nSPS) is 12.6. The van der Waals surface area contributed by atoms with Gasteiger partial charge in [0, 0.05) is 11.1 Å². The first-order valence-electron chi connectivity index (χ1n) is 6.53. The average Bonchev–Trinajstić information content (AvgIpc) is 2.88. The molecule has 1 unspecified atom stereocenters. The summed E-state index contributed by atoms with van der Waals surface area (Å²) >= 11 is 0. The van der Waals surface area contributed by atoms with Gasteiger partial charge in [-0.2, -0.15) is 0 Å². The van der Waals surface area contributed by atoms with Crippen molar-refractivity contribution >= 4 is 0 Å². The van der Waals surface area contributed by atoms with Crippen LogP contribution in [0.3, 0.4) is 0 Å². The summed E-state index contributed by atoms with van der Waals surface area (Å²) in [6, 6.07) is 5.34. The van der Waals surface area contributed by atoms with E-state index >= 15 is 0 Å². The summed E-state index contributed by atoms with van der Waals surface area (Å²) in [4.78, 5) is 0. The van der Waals surface area contributed by atoms with Crippen LogP contribution >= 0.6 is 0 Å². The van der Waals surface area contributed by atoms with Gasteiger partial charge in [0.25, 0.3) is 0 Å². The van der Waals surface area contributed by atoms with Gasteiger partial charge < -0.3 is 14.8 Å². The number of aromatic hydroxyl groups is 1. The number of hydrogen-bond acceptors (Lipinski definition) is 5. The van der Waals surface area contributed by atoms with E-state index in [-0.39, 0.29) is 11.8 Å². The maximum atomic E-state index is 9.71. The Bertz CT molecular complexity index is 551. The van der Waals surface area contributed by atoms with Gasteiger partial charge in [-0.15, -0.1) is 10.2 Å². The Morgan fingerprint density at radius 1 is 1.32 bits per heavy atom. The highest BCUT2D eigenvalue weighted by Gasteiger charge is 2.18. The molecule has 0 spiro atoms. The first-order valence-corrected chi connectivity index (χ1v) is 6.53. The van der Waals surface area contributed by atoms with Crippen molar-refractivity contribution in [2.45, 2.75) is 33.2 Å². The molecule has 0 bridgehead atoms. The fraction of sp³-hybridized carbons (Fsp3) is 0.429. The van der Waals surface area contributed by atoms with E-state index in [4.69, 9.17) is 4.42 Å². The molecule has 0 aliphatic rings. The summed E-state index contributed by atoms with van der Waals surface area (Å²) in [6.45, 7) is 6.79. The lowest BCUT2D eigenvalue weighted by Gasteiger charge is -2.10. The van der Waals surface area contributed by atoms with Gasteiger partial charge in [0.2, 0.25) is 11.8 Å². The molecule has 0 saturated heterocycles. The van der Waals surface area contributed by atoms with Gasteiger partial charge in [-0.1, -0.05) is 19.9 Å². The van der Waals surface area contributed by atoms with Gasteiger partial charge in [0.15, 0.2) is 0 Å². The van der Waals surface area contributed by atoms with Crippen LogP contribution < -0.4 is 5.32 Å². The number of rotatable bonds is 5. The number of aromatic nitrogens is 2. The lowest BCUT2D eigenvalue weighted by molar-refractivity contribution is 0.401. The zero-order valence-corrected chi connectivity index (χ0v) is 11.5. The molecule has 5 heteroatoms. The molecule has 0 radical (unpaired) electrons. The lowest BCUT2D eigenvalue weighted by Crippen LogP contribution is -2.20. The smallest absolute Gasteiger partial charge is 0.248 e. The van der Waals surface area contributed by atoms with Crippen LogP contribution in [-0.4, -0.2) is 21.8 Å². The summed E-state index contributed by atoms with van der Waals surface area (Å²) in [5.74, 6) is 1.26. The van der Waals surface area contributed by atoms with Crippen molar-refractivity contribution in [3.8, 4) is 17.2 Å². The number of nitrogens with one attached hydrogen (secondary N) is 1. The molecular weight excluding hydrogens is 242 g/mol. The predicted molar refractivity (Wildman–Crippen MR) is 72.8 cm³/mol. The Morgan fingerprint density at radius 3 is 2.79 bits per heavy atom. The average molecular weight is 261 g/mol. The Kier molecular flexibility index (Phi) is 4.16. The molecule has 5 nitrogen and oxygen atoms in total. The third-order valence-corrected chi connectivity index (χ3v) is 3.13. The molecule has 2 N–H and O–H groups in total. The van der Waals surface area contributed by atoms with Crippen molar-refractivity contribution in [1.82, 2.24) is 15.5 Å². The standard InChI is InChI=1S/C14H19N3O2/c1-4-11(15-5-2)14-17-16-13(19-14)10-7-6-8-12(18)9(10)3/h6-8,11,15,18H,4-5H2,1-3H3. The predicted octanol–water partition coefficient (Wildman–Crippen LogP) is 2.81. The van der Waals surface area contributed by atoms with Gasteiger partial charge in [0.1, 0.15) is 5.75 Å². The van der Waals surface area contributed by atoms with Crippen molar-refractivity contribution in [2.75, 3.05) is 6.54 Å². The molecule has 1 aromatic heterocycles. The lowest BCUT2D eigenvalue weighted by atomic mass is 10.1. The molecule has 0 aliphatic carbocycles. The fourth-order valence-corrected chi connectivity index (χ4v) is 1.99. The van der Waals surface area contributed by atoms with Crippen LogP contribution in [-0.2, 0) is 0 Å². The Hall–Kier alpha value is -1.88. The summed E-state index contributed by atoms with van der Waals surface area (Å²) in [7, 11) is 0. The SMILES string of the molecule is CCNC(CC)c1nnc(-c2cccc(O)c2C)o1. The van der Waals surface area contributed by atoms with Gasteiger partial charge >= 0.3 is 0 Å². The van der Waals surface area contributed by atoms with Crippen LogP contribution in [0.2, 0.25) is 0 Å². The third kappa shape index (κ3) is 2.76. The second-order valence-electron chi connectivity index (χ2n) is 4.41. The number of benzene rings is 1. The minimum absolute atomic E-state index is 0.0730. The van der Waals surface area contributed by atoms with Gasteiger partial charge in [-0.3, -0.25) is 0 Å². The summed E-state index contributed by atoms with van der Waals surface area (Å²) in [6.07, 6.45) is 0.883. The molecule has 2 rings (SSSR count). The number of phenols is 1. The highest BCUT2D eigenvalue weighted by molar-refractivity contribution is 5.61. The maximum absolute atomic E-state index is 9.71. The summed E-state index contributed by atoms with van der Waals surface area (Å²) < 4.78 is 5.72. The van der Waals surface area contributed by atoms with Crippen LogP contribution in [0.15, 0.2) is 22.6 Å². The van der Waals surface area contributed by atoms with E-state index < -0.39 is 0 Å². The Morgan fingerprint density at radius 2 is 2.11 bits per heavy atom. The second-order valence-corrected chi connectivity index (χ2v) is 4.41. The van der Waals surface area contributed by atoms with Crippen molar-refractivity contribution in [3.63, 3.8) is 0 Å². The number of nitrogens with zero attached hydrogens (tertiary/aromatic N) is 2. The molecule has 0 saturated carbocycles. The molecule has 2 aromatic rings. The minimum Gasteiger partial charge on any atom is -0.508 e. The zero-order valence-electron chi connectivity index (χ0n) is 11.5. The van der Waals surface area contributed by atoms with Crippen LogP contribution in [0, 0.1) is 6.92 Å². The van der Waals surface area contributed by atoms with E-state index in [1.165, 1.54) is 0 Å². The van der Waals surface area contributed by atoms with E-state index in [9.17, 15) is 5.11 Å². The molecule has 1 aromatic carbocycles. The molecule has 19 heavy (non-hydrogen) atoms. The molecule has 0 fully saturated rings. The first kappa shape index (κ1) is 13.5. The Labute approximate surface area is 112 Å². The quantitative estimate of drug-likeness (QED) is 0.866. The van der Waals surface area contributed by atoms with Gasteiger partial charge in [-0.25, -0.2) is 0 Å². The highest BCUT2D eigenvalue weighted by Crippen LogP contribution is 2.29. The summed E-state index contributed by atoms with van der Waals surface area (Å²) in [5, 5.41) is 21.2. The van der Waals surface area contributed by atoms with E-state index in [0.717, 1.165) is 24.1 Å². The topological polar surface area (TPSA) is 71.2 Å². The molecule has 1 atom stereocenters. The molecule has 0 aliphatic heterocycles. The fourth-order valence-electron chi connectivity index (χ4n) is 1.99. The van der Waals surface area contributed by atoms with E-state index in [2.05, 4.69) is 22.4 Å². The number of hydrogen-bond donors (Lipinski definition) is 2. The molecule has 0 amide bonds. The van der Waals surface area contributed by atoms with Crippen molar-refractivity contribution in [1.29, 1.82) is 0 Å². The van der Waals surface area contributed by atoms with E-state index in [1.807, 2.05) is 19.9 Å². The van der Waals surface area contributed by atoms with Gasteiger partial charge in [-0.05, 0) is 32.0 Å². The zero-order chi connectivity index (χ0) is 13.8. The Balaban J connectivity index is 2.32. The molecule has 102 valence electrons. The first-order chi connectivity index (χ1) is 9.17. The van der Waals surface area contributed by atoms with Crippen molar-refractivity contribution in [3.05, 3.63) is 29.7 Å². The number of phenolic OH excluding ortho intramolecular Hbond substituents is 1. The maximum Gasteiger partial charge on any atom is 0.248 e. The van der Waals surface area contributed by atoms with Crippen molar-refractivity contribution in [2.24, 2.45) is 0 Å². The minimum atomic E-state index is 0.0730. The van der Waals surface area contributed by atoms with Crippen LogP contribution in [0.5, 0.6) is 5.75 Å². The summed E-state index contributed by atoms with van der Waals surface area (Å²) in [5.41, 5.74) is 1.51. The van der Waals surface area contributed by atoms with Crippen LogP contribution in [0.25, 0.3) is 11.5 Å². The largest absolute Gasteiger partial charge is 0.508 e. The third-order valence-electron chi connectivity index (χ3n) is 3.13. The second kappa shape index (κ2) is 5.84. The van der Waals surface area contributed by atoms with E-state index in [0.29, 0.717) is 11.8 Å². The molecular formula is C14H19N3O2. The highest BCUT2D eigenvalue weighted by atomic mass is 16.4. The van der Waals surface area contributed by atoms with Crippen LogP contribution in [0.1, 0.15) is 37.8 Å². The molecule has 1 heterocycles.